The second kappa shape index (κ2) is 3.29. The van der Waals surface area contributed by atoms with Crippen molar-refractivity contribution in [3.8, 4) is 0 Å². The fraction of sp³-hybridized carbons (Fsp3) is 1.00. The summed E-state index contributed by atoms with van der Waals surface area (Å²) in [6, 6.07) is 0. The van der Waals surface area contributed by atoms with Gasteiger partial charge in [-0.1, -0.05) is 13.8 Å². The summed E-state index contributed by atoms with van der Waals surface area (Å²) in [7, 11) is 0. The predicted molar refractivity (Wildman–Crippen MR) is 43.1 cm³/mol. The van der Waals surface area contributed by atoms with Gasteiger partial charge >= 0.3 is 0 Å². The molecule has 0 aromatic heterocycles. The van der Waals surface area contributed by atoms with Gasteiger partial charge in [0.05, 0.1) is 6.10 Å². The maximum absolute atomic E-state index is 12.9. The molecule has 1 nitrogen and oxygen atoms in total. The van der Waals surface area contributed by atoms with Gasteiger partial charge in [-0.25, -0.2) is 8.78 Å². The Morgan fingerprint density at radius 1 is 1.42 bits per heavy atom. The third-order valence-corrected chi connectivity index (χ3v) is 2.69. The summed E-state index contributed by atoms with van der Waals surface area (Å²) >= 11 is 0. The first-order chi connectivity index (χ1) is 5.42. The third kappa shape index (κ3) is 2.16. The van der Waals surface area contributed by atoms with E-state index in [2.05, 4.69) is 0 Å². The maximum atomic E-state index is 12.9. The van der Waals surface area contributed by atoms with Crippen LogP contribution in [0.1, 0.15) is 33.1 Å². The molecule has 0 heterocycles. The lowest BCUT2D eigenvalue weighted by Crippen LogP contribution is -2.38. The normalized spacial score (nSPS) is 35.5. The van der Waals surface area contributed by atoms with E-state index in [1.54, 1.807) is 0 Å². The summed E-state index contributed by atoms with van der Waals surface area (Å²) in [5.74, 6) is -2.63. The second-order valence-electron chi connectivity index (χ2n) is 4.07. The van der Waals surface area contributed by atoms with Crippen LogP contribution in [-0.4, -0.2) is 17.1 Å². The summed E-state index contributed by atoms with van der Waals surface area (Å²) in [6.45, 7) is 3.77. The maximum Gasteiger partial charge on any atom is 0.248 e. The minimum atomic E-state index is -2.55. The summed E-state index contributed by atoms with van der Waals surface area (Å²) in [4.78, 5) is 0. The van der Waals surface area contributed by atoms with E-state index < -0.39 is 12.0 Å². The average molecular weight is 178 g/mol. The molecule has 2 atom stereocenters. The molecular weight excluding hydrogens is 162 g/mol. The zero-order valence-electron chi connectivity index (χ0n) is 7.56. The molecule has 1 saturated carbocycles. The van der Waals surface area contributed by atoms with Gasteiger partial charge in [0.25, 0.3) is 0 Å². The first-order valence-corrected chi connectivity index (χ1v) is 4.48. The molecule has 0 saturated heterocycles. The number of aliphatic hydroxyl groups excluding tert-OH is 1. The smallest absolute Gasteiger partial charge is 0.248 e. The lowest BCUT2D eigenvalue weighted by molar-refractivity contribution is -0.101. The highest BCUT2D eigenvalue weighted by Gasteiger charge is 2.41. The van der Waals surface area contributed by atoms with E-state index in [1.807, 2.05) is 13.8 Å². The van der Waals surface area contributed by atoms with Gasteiger partial charge in [-0.15, -0.1) is 0 Å². The number of alkyl halides is 2. The van der Waals surface area contributed by atoms with Crippen LogP contribution >= 0.6 is 0 Å². The highest BCUT2D eigenvalue weighted by molar-refractivity contribution is 4.85. The Kier molecular flexibility index (Phi) is 2.71. The van der Waals surface area contributed by atoms with Crippen LogP contribution in [0.25, 0.3) is 0 Å². The van der Waals surface area contributed by atoms with Crippen LogP contribution in [0.5, 0.6) is 0 Å². The van der Waals surface area contributed by atoms with Gasteiger partial charge in [-0.2, -0.15) is 0 Å². The zero-order valence-corrected chi connectivity index (χ0v) is 7.56. The van der Waals surface area contributed by atoms with Crippen LogP contribution < -0.4 is 0 Å². The van der Waals surface area contributed by atoms with E-state index in [4.69, 9.17) is 0 Å². The molecule has 0 aliphatic heterocycles. The Labute approximate surface area is 71.8 Å². The SMILES string of the molecule is CC(C)C1CC(F)(F)CCC1O. The second-order valence-corrected chi connectivity index (χ2v) is 4.07. The van der Waals surface area contributed by atoms with E-state index in [0.29, 0.717) is 0 Å². The van der Waals surface area contributed by atoms with Crippen molar-refractivity contribution in [2.45, 2.75) is 45.1 Å². The minimum Gasteiger partial charge on any atom is -0.393 e. The minimum absolute atomic E-state index is 0.145. The van der Waals surface area contributed by atoms with Gasteiger partial charge in [0.15, 0.2) is 0 Å². The van der Waals surface area contributed by atoms with Gasteiger partial charge in [0.2, 0.25) is 5.92 Å². The molecule has 1 aliphatic carbocycles. The predicted octanol–water partition coefficient (Wildman–Crippen LogP) is 2.44. The molecule has 1 aliphatic rings. The molecule has 72 valence electrons. The van der Waals surface area contributed by atoms with Crippen molar-refractivity contribution in [3.63, 3.8) is 0 Å². The standard InChI is InChI=1S/C9H16F2O/c1-6(2)7-5-9(10,11)4-3-8(7)12/h6-8,12H,3-5H2,1-2H3. The van der Waals surface area contributed by atoms with Crippen molar-refractivity contribution >= 4 is 0 Å². The Morgan fingerprint density at radius 2 is 2.00 bits per heavy atom. The Hall–Kier alpha value is -0.180. The first kappa shape index (κ1) is 9.90. The fourth-order valence-corrected chi connectivity index (χ4v) is 1.84. The number of rotatable bonds is 1. The molecule has 1 N–H and O–H groups in total. The van der Waals surface area contributed by atoms with Gasteiger partial charge in [-0.3, -0.25) is 0 Å². The molecule has 0 aromatic rings. The first-order valence-electron chi connectivity index (χ1n) is 4.48. The van der Waals surface area contributed by atoms with Crippen molar-refractivity contribution < 1.29 is 13.9 Å². The molecule has 0 spiro atoms. The van der Waals surface area contributed by atoms with Crippen LogP contribution in [0.15, 0.2) is 0 Å². The molecule has 0 aromatic carbocycles. The summed E-state index contributed by atoms with van der Waals surface area (Å²) in [5, 5.41) is 9.44. The molecule has 12 heavy (non-hydrogen) atoms. The van der Waals surface area contributed by atoms with Crippen molar-refractivity contribution in [2.75, 3.05) is 0 Å². The Morgan fingerprint density at radius 3 is 2.42 bits per heavy atom. The number of halogens is 2. The molecule has 3 heteroatoms. The highest BCUT2D eigenvalue weighted by Crippen LogP contribution is 2.39. The van der Waals surface area contributed by atoms with Crippen LogP contribution in [0.3, 0.4) is 0 Å². The molecule has 0 bridgehead atoms. The van der Waals surface area contributed by atoms with Gasteiger partial charge in [0, 0.05) is 12.8 Å². The fourth-order valence-electron chi connectivity index (χ4n) is 1.84. The van der Waals surface area contributed by atoms with Crippen molar-refractivity contribution in [2.24, 2.45) is 11.8 Å². The lowest BCUT2D eigenvalue weighted by Gasteiger charge is -2.35. The van der Waals surface area contributed by atoms with Crippen molar-refractivity contribution in [1.82, 2.24) is 0 Å². The quantitative estimate of drug-likeness (QED) is 0.653. The van der Waals surface area contributed by atoms with Gasteiger partial charge in [-0.05, 0) is 18.3 Å². The van der Waals surface area contributed by atoms with Crippen molar-refractivity contribution in [3.05, 3.63) is 0 Å². The monoisotopic (exact) mass is 178 g/mol. The Bertz CT molecular complexity index is 157. The summed E-state index contributed by atoms with van der Waals surface area (Å²) < 4.78 is 25.8. The van der Waals surface area contributed by atoms with Crippen LogP contribution in [-0.2, 0) is 0 Å². The van der Waals surface area contributed by atoms with E-state index in [0.717, 1.165) is 0 Å². The number of aliphatic hydroxyl groups is 1. The van der Waals surface area contributed by atoms with Crippen LogP contribution in [0.4, 0.5) is 8.78 Å². The van der Waals surface area contributed by atoms with Crippen LogP contribution in [0.2, 0.25) is 0 Å². The average Bonchev–Trinajstić information content (AvgIpc) is 1.94. The molecule has 2 unspecified atom stereocenters. The molecular formula is C9H16F2O. The van der Waals surface area contributed by atoms with Gasteiger partial charge in [0.1, 0.15) is 0 Å². The summed E-state index contributed by atoms with van der Waals surface area (Å²) in [5.41, 5.74) is 0. The zero-order chi connectivity index (χ0) is 9.35. The van der Waals surface area contributed by atoms with Crippen LogP contribution in [0, 0.1) is 11.8 Å². The molecule has 0 radical (unpaired) electrons. The van der Waals surface area contributed by atoms with E-state index in [9.17, 15) is 13.9 Å². The van der Waals surface area contributed by atoms with E-state index in [1.165, 1.54) is 0 Å². The molecule has 1 fully saturated rings. The lowest BCUT2D eigenvalue weighted by atomic mass is 9.78. The van der Waals surface area contributed by atoms with E-state index >= 15 is 0 Å². The Balaban J connectivity index is 2.59. The summed E-state index contributed by atoms with van der Waals surface area (Å²) in [6.07, 6.45) is -0.580. The van der Waals surface area contributed by atoms with Crippen molar-refractivity contribution in [1.29, 1.82) is 0 Å². The van der Waals surface area contributed by atoms with Gasteiger partial charge < -0.3 is 5.11 Å². The number of hydrogen-bond acceptors (Lipinski definition) is 1. The third-order valence-electron chi connectivity index (χ3n) is 2.69. The highest BCUT2D eigenvalue weighted by atomic mass is 19.3. The van der Waals surface area contributed by atoms with E-state index in [-0.39, 0.29) is 31.1 Å². The largest absolute Gasteiger partial charge is 0.393 e. The molecule has 1 rings (SSSR count). The number of hydrogen-bond donors (Lipinski definition) is 1. The molecule has 0 amide bonds. The topological polar surface area (TPSA) is 20.2 Å².